The van der Waals surface area contributed by atoms with Crippen LogP contribution in [-0.2, 0) is 0 Å². The number of nitriles is 1. The van der Waals surface area contributed by atoms with Crippen molar-refractivity contribution in [2.24, 2.45) is 0 Å². The highest BCUT2D eigenvalue weighted by Gasteiger charge is 2.16. The van der Waals surface area contributed by atoms with Crippen LogP contribution in [0.1, 0.15) is 59.3 Å². The van der Waals surface area contributed by atoms with Gasteiger partial charge < -0.3 is 5.32 Å². The minimum absolute atomic E-state index is 0.0926. The molecule has 0 bridgehead atoms. The molecule has 0 aliphatic heterocycles. The van der Waals surface area contributed by atoms with Crippen molar-refractivity contribution >= 4 is 17.7 Å². The lowest BCUT2D eigenvalue weighted by atomic mass is 10.0. The Morgan fingerprint density at radius 2 is 2.00 bits per heavy atom. The fraction of sp³-hybridized carbons (Fsp3) is 0.857. The lowest BCUT2D eigenvalue weighted by Gasteiger charge is -2.24. The van der Waals surface area contributed by atoms with E-state index in [9.17, 15) is 0 Å². The zero-order valence-corrected chi connectivity index (χ0v) is 13.3. The Morgan fingerprint density at radius 3 is 2.63 bits per heavy atom. The van der Waals surface area contributed by atoms with Gasteiger partial charge >= 0.3 is 0 Å². The van der Waals surface area contributed by atoms with Gasteiger partial charge in [0.1, 0.15) is 0 Å². The summed E-state index contributed by atoms with van der Waals surface area (Å²) in [5, 5.41) is 20.7. The van der Waals surface area contributed by atoms with Gasteiger partial charge in [0.15, 0.2) is 6.19 Å². The number of hydrogen-bond donors (Lipinski definition) is 3. The first-order valence-corrected chi connectivity index (χ1v) is 8.12. The summed E-state index contributed by atoms with van der Waals surface area (Å²) in [4.78, 5) is 0. The summed E-state index contributed by atoms with van der Waals surface area (Å²) in [6.45, 7) is 7.66. The average molecular weight is 284 g/mol. The van der Waals surface area contributed by atoms with Gasteiger partial charge in [-0.05, 0) is 25.0 Å². The van der Waals surface area contributed by atoms with Crippen LogP contribution in [0.3, 0.4) is 0 Å². The molecule has 19 heavy (non-hydrogen) atoms. The van der Waals surface area contributed by atoms with Crippen molar-refractivity contribution in [2.45, 2.75) is 64.0 Å². The van der Waals surface area contributed by atoms with Crippen molar-refractivity contribution in [3.63, 3.8) is 0 Å². The van der Waals surface area contributed by atoms with Gasteiger partial charge in [-0.3, -0.25) is 10.7 Å². The summed E-state index contributed by atoms with van der Waals surface area (Å²) in [7, 11) is 0. The van der Waals surface area contributed by atoms with Crippen LogP contribution in [0.4, 0.5) is 0 Å². The molecule has 0 heterocycles. The van der Waals surface area contributed by atoms with E-state index >= 15 is 0 Å². The number of nitrogens with one attached hydrogen (secondary N) is 3. The number of unbranched alkanes of at least 4 members (excludes halogenated alkanes) is 3. The smallest absolute Gasteiger partial charge is 0.201 e. The predicted molar refractivity (Wildman–Crippen MR) is 84.4 cm³/mol. The molecule has 0 radical (unpaired) electrons. The van der Waals surface area contributed by atoms with Crippen molar-refractivity contribution < 1.29 is 0 Å². The van der Waals surface area contributed by atoms with E-state index in [1.807, 2.05) is 11.8 Å². The molecule has 5 heteroatoms. The van der Waals surface area contributed by atoms with Crippen molar-refractivity contribution in [3.05, 3.63) is 0 Å². The first-order chi connectivity index (χ1) is 9.02. The van der Waals surface area contributed by atoms with Gasteiger partial charge in [-0.1, -0.05) is 40.0 Å². The second kappa shape index (κ2) is 11.0. The molecule has 0 unspecified atom stereocenters. The van der Waals surface area contributed by atoms with E-state index in [2.05, 4.69) is 31.4 Å². The molecule has 0 aliphatic rings. The Morgan fingerprint density at radius 1 is 1.26 bits per heavy atom. The molecular weight excluding hydrogens is 256 g/mol. The predicted octanol–water partition coefficient (Wildman–Crippen LogP) is 3.45. The van der Waals surface area contributed by atoms with E-state index in [0.29, 0.717) is 4.75 Å². The zero-order valence-electron chi connectivity index (χ0n) is 12.5. The van der Waals surface area contributed by atoms with Crippen LogP contribution in [0.25, 0.3) is 0 Å². The highest BCUT2D eigenvalue weighted by Crippen LogP contribution is 2.30. The molecule has 0 aromatic carbocycles. The van der Waals surface area contributed by atoms with Crippen LogP contribution < -0.4 is 10.6 Å². The first kappa shape index (κ1) is 18.1. The Kier molecular flexibility index (Phi) is 10.5. The maximum absolute atomic E-state index is 8.31. The highest BCUT2D eigenvalue weighted by atomic mass is 32.2. The lowest BCUT2D eigenvalue weighted by Crippen LogP contribution is -2.33. The van der Waals surface area contributed by atoms with E-state index in [1.165, 1.54) is 31.4 Å². The van der Waals surface area contributed by atoms with Crippen LogP contribution in [-0.4, -0.2) is 23.0 Å². The summed E-state index contributed by atoms with van der Waals surface area (Å²) in [6.07, 6.45) is 9.15. The number of rotatable bonds is 10. The zero-order chi connectivity index (χ0) is 14.6. The van der Waals surface area contributed by atoms with Crippen molar-refractivity contribution in [1.82, 2.24) is 10.6 Å². The van der Waals surface area contributed by atoms with Gasteiger partial charge in [0.25, 0.3) is 0 Å². The monoisotopic (exact) mass is 284 g/mol. The van der Waals surface area contributed by atoms with Gasteiger partial charge in [-0.2, -0.15) is 17.0 Å². The van der Waals surface area contributed by atoms with Gasteiger partial charge in [-0.15, -0.1) is 0 Å². The first-order valence-electron chi connectivity index (χ1n) is 7.13. The quantitative estimate of drug-likeness (QED) is 0.189. The van der Waals surface area contributed by atoms with Crippen molar-refractivity contribution in [1.29, 1.82) is 10.7 Å². The normalized spacial score (nSPS) is 10.8. The third-order valence-corrected chi connectivity index (χ3v) is 4.41. The molecule has 0 saturated heterocycles. The summed E-state index contributed by atoms with van der Waals surface area (Å²) >= 11 is 2.05. The van der Waals surface area contributed by atoms with E-state index in [0.717, 1.165) is 19.4 Å². The molecule has 0 spiro atoms. The standard InChI is InChI=1S/C14H28N4S/c1-4-5-6-9-14(2,3)19-11-8-7-10-17-13(16)18-12-15/h4-11H2,1-3H3,(H3,16,17,18). The lowest BCUT2D eigenvalue weighted by molar-refractivity contribution is 0.572. The summed E-state index contributed by atoms with van der Waals surface area (Å²) in [5.41, 5.74) is 0. The molecule has 0 atom stereocenters. The Bertz CT molecular complexity index is 284. The van der Waals surface area contributed by atoms with Crippen LogP contribution in [0.5, 0.6) is 0 Å². The molecule has 0 aliphatic carbocycles. The topological polar surface area (TPSA) is 71.7 Å². The molecule has 0 aromatic heterocycles. The minimum Gasteiger partial charge on any atom is -0.356 e. The van der Waals surface area contributed by atoms with E-state index in [-0.39, 0.29) is 5.96 Å². The van der Waals surface area contributed by atoms with Crippen LogP contribution in [0.15, 0.2) is 0 Å². The van der Waals surface area contributed by atoms with E-state index in [4.69, 9.17) is 10.7 Å². The van der Waals surface area contributed by atoms with Crippen LogP contribution in [0.2, 0.25) is 0 Å². The maximum atomic E-state index is 8.31. The largest absolute Gasteiger partial charge is 0.356 e. The average Bonchev–Trinajstić information content (AvgIpc) is 2.34. The summed E-state index contributed by atoms with van der Waals surface area (Å²) in [5.74, 6) is 1.26. The molecule has 4 nitrogen and oxygen atoms in total. The molecule has 0 saturated carbocycles. The van der Waals surface area contributed by atoms with Gasteiger partial charge in [0.05, 0.1) is 0 Å². The van der Waals surface area contributed by atoms with E-state index in [1.54, 1.807) is 6.19 Å². The third-order valence-electron chi connectivity index (χ3n) is 2.93. The third kappa shape index (κ3) is 11.9. The van der Waals surface area contributed by atoms with E-state index < -0.39 is 0 Å². The van der Waals surface area contributed by atoms with Gasteiger partial charge in [-0.25, -0.2) is 0 Å². The van der Waals surface area contributed by atoms with Crippen molar-refractivity contribution in [2.75, 3.05) is 12.3 Å². The Labute approximate surface area is 122 Å². The summed E-state index contributed by atoms with van der Waals surface area (Å²) in [6, 6.07) is 0. The van der Waals surface area contributed by atoms with Crippen molar-refractivity contribution in [3.8, 4) is 6.19 Å². The maximum Gasteiger partial charge on any atom is 0.201 e. The number of hydrogen-bond acceptors (Lipinski definition) is 3. The molecular formula is C14H28N4S. The second-order valence-corrected chi connectivity index (χ2v) is 7.11. The minimum atomic E-state index is 0.0926. The number of thioether (sulfide) groups is 1. The Balaban J connectivity index is 3.47. The van der Waals surface area contributed by atoms with Crippen LogP contribution >= 0.6 is 11.8 Å². The molecule has 110 valence electrons. The SMILES string of the molecule is CCCCCC(C)(C)SCCCCNC(=N)NC#N. The molecule has 0 amide bonds. The summed E-state index contributed by atoms with van der Waals surface area (Å²) < 4.78 is 0.387. The van der Waals surface area contributed by atoms with Gasteiger partial charge in [0.2, 0.25) is 5.96 Å². The highest BCUT2D eigenvalue weighted by molar-refractivity contribution is 8.00. The fourth-order valence-corrected chi connectivity index (χ4v) is 2.95. The molecule has 0 aromatic rings. The molecule has 3 N–H and O–H groups in total. The van der Waals surface area contributed by atoms with Gasteiger partial charge in [0, 0.05) is 11.3 Å². The number of guanidine groups is 1. The molecule has 0 rings (SSSR count). The fourth-order valence-electron chi connectivity index (χ4n) is 1.76. The number of nitrogens with zero attached hydrogens (tertiary/aromatic N) is 1. The second-order valence-electron chi connectivity index (χ2n) is 5.31. The Hall–Kier alpha value is -0.890. The van der Waals surface area contributed by atoms with Crippen LogP contribution in [0, 0.1) is 16.9 Å². The molecule has 0 fully saturated rings.